The van der Waals surface area contributed by atoms with Crippen LogP contribution in [0.2, 0.25) is 0 Å². The highest BCUT2D eigenvalue weighted by atomic mass is 32.2. The zero-order valence-corrected chi connectivity index (χ0v) is 17.8. The van der Waals surface area contributed by atoms with Gasteiger partial charge in [-0.3, -0.25) is 4.79 Å². The largest absolute Gasteiger partial charge is 0.495 e. The number of thioether (sulfide) groups is 1. The highest BCUT2D eigenvalue weighted by Gasteiger charge is 2.21. The Labute approximate surface area is 174 Å². The Kier molecular flexibility index (Phi) is 7.62. The van der Waals surface area contributed by atoms with Gasteiger partial charge in [-0.05, 0) is 51.5 Å². The maximum Gasteiger partial charge on any atom is 0.340 e. The van der Waals surface area contributed by atoms with Crippen LogP contribution in [0.15, 0.2) is 29.3 Å². The molecule has 0 saturated carbocycles. The fraction of sp³-hybridized carbons (Fsp3) is 0.333. The minimum Gasteiger partial charge on any atom is -0.495 e. The molecule has 0 spiro atoms. The molecule has 1 aromatic heterocycles. The number of hydrogen-bond donors (Lipinski definition) is 1. The quantitative estimate of drug-likeness (QED) is 0.543. The van der Waals surface area contributed by atoms with E-state index in [0.717, 1.165) is 17.3 Å². The third-order valence-corrected chi connectivity index (χ3v) is 5.17. The number of pyridine rings is 1. The summed E-state index contributed by atoms with van der Waals surface area (Å²) in [5.41, 5.74) is 2.47. The molecule has 1 atom stereocenters. The van der Waals surface area contributed by atoms with Crippen LogP contribution < -0.4 is 10.1 Å². The van der Waals surface area contributed by atoms with E-state index < -0.39 is 11.2 Å². The molecule has 29 heavy (non-hydrogen) atoms. The SMILES string of the molecule is CCOC(=O)c1cc(C#N)c(S[C@@H](C)C(=O)Nc2cc(C)ccc2OC)nc1C. The van der Waals surface area contributed by atoms with Gasteiger partial charge >= 0.3 is 5.97 Å². The van der Waals surface area contributed by atoms with Gasteiger partial charge in [-0.2, -0.15) is 5.26 Å². The monoisotopic (exact) mass is 413 g/mol. The molecule has 0 radical (unpaired) electrons. The summed E-state index contributed by atoms with van der Waals surface area (Å²) in [6.45, 7) is 7.25. The minimum absolute atomic E-state index is 0.219. The van der Waals surface area contributed by atoms with Gasteiger partial charge in [-0.25, -0.2) is 9.78 Å². The van der Waals surface area contributed by atoms with Crippen LogP contribution >= 0.6 is 11.8 Å². The summed E-state index contributed by atoms with van der Waals surface area (Å²) in [4.78, 5) is 29.0. The summed E-state index contributed by atoms with van der Waals surface area (Å²) in [7, 11) is 1.54. The molecule has 2 aromatic rings. The van der Waals surface area contributed by atoms with E-state index in [-0.39, 0.29) is 23.6 Å². The van der Waals surface area contributed by atoms with E-state index in [2.05, 4.69) is 10.3 Å². The Bertz CT molecular complexity index is 969. The Balaban J connectivity index is 2.22. The predicted molar refractivity (Wildman–Crippen MR) is 111 cm³/mol. The highest BCUT2D eigenvalue weighted by molar-refractivity contribution is 8.00. The number of esters is 1. The molecule has 1 N–H and O–H groups in total. The average molecular weight is 413 g/mol. The normalized spacial score (nSPS) is 11.3. The van der Waals surface area contributed by atoms with Crippen LogP contribution in [0.4, 0.5) is 5.69 Å². The molecule has 0 bridgehead atoms. The minimum atomic E-state index is -0.535. The van der Waals surface area contributed by atoms with Crippen molar-refractivity contribution in [3.8, 4) is 11.8 Å². The van der Waals surface area contributed by atoms with E-state index in [1.165, 1.54) is 13.2 Å². The van der Waals surface area contributed by atoms with Crippen LogP contribution in [0.3, 0.4) is 0 Å². The number of hydrogen-bond acceptors (Lipinski definition) is 7. The Morgan fingerprint density at radius 1 is 1.31 bits per heavy atom. The van der Waals surface area contributed by atoms with Gasteiger partial charge in [0.1, 0.15) is 16.8 Å². The lowest BCUT2D eigenvalue weighted by Crippen LogP contribution is -2.23. The second-order valence-electron chi connectivity index (χ2n) is 6.26. The number of aromatic nitrogens is 1. The molecule has 2 rings (SSSR count). The first-order valence-corrected chi connectivity index (χ1v) is 9.89. The second kappa shape index (κ2) is 9.94. The molecule has 0 unspecified atom stereocenters. The number of nitriles is 1. The zero-order valence-electron chi connectivity index (χ0n) is 17.0. The van der Waals surface area contributed by atoms with E-state index in [0.29, 0.717) is 22.2 Å². The van der Waals surface area contributed by atoms with E-state index in [4.69, 9.17) is 9.47 Å². The summed E-state index contributed by atoms with van der Waals surface area (Å²) >= 11 is 1.15. The number of rotatable bonds is 7. The molecule has 1 heterocycles. The van der Waals surface area contributed by atoms with Crippen molar-refractivity contribution in [2.75, 3.05) is 19.0 Å². The number of amides is 1. The first kappa shape index (κ1) is 22.2. The summed E-state index contributed by atoms with van der Waals surface area (Å²) in [5, 5.41) is 12.2. The first-order valence-electron chi connectivity index (χ1n) is 9.01. The highest BCUT2D eigenvalue weighted by Crippen LogP contribution is 2.30. The van der Waals surface area contributed by atoms with Gasteiger partial charge < -0.3 is 14.8 Å². The lowest BCUT2D eigenvalue weighted by Gasteiger charge is -2.15. The molecular weight excluding hydrogens is 390 g/mol. The molecule has 0 aliphatic carbocycles. The third-order valence-electron chi connectivity index (χ3n) is 4.06. The second-order valence-corrected chi connectivity index (χ2v) is 7.59. The van der Waals surface area contributed by atoms with Gasteiger partial charge in [0.2, 0.25) is 5.91 Å². The van der Waals surface area contributed by atoms with Crippen LogP contribution in [0.25, 0.3) is 0 Å². The number of anilines is 1. The molecular formula is C21H23N3O4S. The molecule has 152 valence electrons. The lowest BCUT2D eigenvalue weighted by atomic mass is 10.1. The maximum atomic E-state index is 12.7. The third kappa shape index (κ3) is 5.48. The van der Waals surface area contributed by atoms with Crippen molar-refractivity contribution in [3.05, 3.63) is 46.6 Å². The van der Waals surface area contributed by atoms with Crippen molar-refractivity contribution in [1.29, 1.82) is 5.26 Å². The number of aryl methyl sites for hydroxylation is 2. The molecule has 8 heteroatoms. The van der Waals surface area contributed by atoms with Crippen LogP contribution in [-0.2, 0) is 9.53 Å². The summed E-state index contributed by atoms with van der Waals surface area (Å²) in [6, 6.07) is 9.00. The van der Waals surface area contributed by atoms with Crippen LogP contribution in [0.5, 0.6) is 5.75 Å². The van der Waals surface area contributed by atoms with Crippen LogP contribution in [0, 0.1) is 25.2 Å². The van der Waals surface area contributed by atoms with E-state index in [1.807, 2.05) is 25.1 Å². The van der Waals surface area contributed by atoms with Gasteiger partial charge in [0, 0.05) is 0 Å². The Morgan fingerprint density at radius 2 is 2.03 bits per heavy atom. The summed E-state index contributed by atoms with van der Waals surface area (Å²) in [5.74, 6) is -0.216. The summed E-state index contributed by atoms with van der Waals surface area (Å²) < 4.78 is 10.3. The number of ether oxygens (including phenoxy) is 2. The predicted octanol–water partition coefficient (Wildman–Crippen LogP) is 3.87. The summed E-state index contributed by atoms with van der Waals surface area (Å²) in [6.07, 6.45) is 0. The average Bonchev–Trinajstić information content (AvgIpc) is 2.68. The van der Waals surface area contributed by atoms with Crippen molar-refractivity contribution in [2.45, 2.75) is 38.0 Å². The number of nitrogens with zero attached hydrogens (tertiary/aromatic N) is 2. The van der Waals surface area contributed by atoms with Gasteiger partial charge in [0.05, 0.1) is 41.5 Å². The van der Waals surface area contributed by atoms with E-state index in [1.54, 1.807) is 26.8 Å². The standard InChI is InChI=1S/C21H23N3O4S/c1-6-28-21(26)16-10-15(11-22)20(23-13(16)3)29-14(4)19(25)24-17-9-12(2)7-8-18(17)27-5/h7-10,14H,6H2,1-5H3,(H,24,25)/t14-/m0/s1. The molecule has 1 amide bonds. The van der Waals surface area contributed by atoms with Gasteiger partial charge in [0.15, 0.2) is 0 Å². The molecule has 0 saturated heterocycles. The van der Waals surface area contributed by atoms with Crippen molar-refractivity contribution < 1.29 is 19.1 Å². The van der Waals surface area contributed by atoms with E-state index >= 15 is 0 Å². The fourth-order valence-electron chi connectivity index (χ4n) is 2.54. The van der Waals surface area contributed by atoms with Crippen LogP contribution in [0.1, 0.15) is 41.0 Å². The zero-order chi connectivity index (χ0) is 21.6. The van der Waals surface area contributed by atoms with Crippen molar-refractivity contribution in [3.63, 3.8) is 0 Å². The molecule has 0 aliphatic heterocycles. The molecule has 1 aromatic carbocycles. The van der Waals surface area contributed by atoms with Gasteiger partial charge in [0.25, 0.3) is 0 Å². The number of nitrogens with one attached hydrogen (secondary N) is 1. The number of carbonyl (C=O) groups is 2. The Hall–Kier alpha value is -3.05. The number of carbonyl (C=O) groups excluding carboxylic acids is 2. The van der Waals surface area contributed by atoms with Crippen molar-refractivity contribution >= 4 is 29.3 Å². The van der Waals surface area contributed by atoms with E-state index in [9.17, 15) is 14.9 Å². The van der Waals surface area contributed by atoms with Gasteiger partial charge in [-0.15, -0.1) is 0 Å². The first-order chi connectivity index (χ1) is 13.8. The lowest BCUT2D eigenvalue weighted by molar-refractivity contribution is -0.115. The van der Waals surface area contributed by atoms with Gasteiger partial charge in [-0.1, -0.05) is 17.8 Å². The maximum absolute atomic E-state index is 12.7. The van der Waals surface area contributed by atoms with Crippen molar-refractivity contribution in [2.24, 2.45) is 0 Å². The van der Waals surface area contributed by atoms with Crippen LogP contribution in [-0.4, -0.2) is 35.8 Å². The van der Waals surface area contributed by atoms with Crippen molar-refractivity contribution in [1.82, 2.24) is 4.98 Å². The Morgan fingerprint density at radius 3 is 2.66 bits per heavy atom. The number of methoxy groups -OCH3 is 1. The molecule has 7 nitrogen and oxygen atoms in total. The fourth-order valence-corrected chi connectivity index (χ4v) is 3.47. The molecule has 0 aliphatic rings. The smallest absolute Gasteiger partial charge is 0.340 e. The number of benzene rings is 1. The molecule has 0 fully saturated rings. The topological polar surface area (TPSA) is 101 Å².